The number of nitrogens with zero attached hydrogens (tertiary/aromatic N) is 5. The van der Waals surface area contributed by atoms with Gasteiger partial charge in [0.2, 0.25) is 21.8 Å². The van der Waals surface area contributed by atoms with Crippen molar-refractivity contribution >= 4 is 67.8 Å². The lowest BCUT2D eigenvalue weighted by atomic mass is 10.0. The Labute approximate surface area is 382 Å². The molecular formula is C45H44N8O11S2. The first-order chi connectivity index (χ1) is 31.7. The van der Waals surface area contributed by atoms with E-state index in [-0.39, 0.29) is 55.3 Å². The van der Waals surface area contributed by atoms with E-state index in [0.717, 1.165) is 26.9 Å². The third kappa shape index (κ3) is 10.4. The topological polar surface area (TPSA) is 236 Å². The second-order valence-corrected chi connectivity index (χ2v) is 18.5. The molecule has 342 valence electrons. The van der Waals surface area contributed by atoms with Crippen LogP contribution in [0.3, 0.4) is 0 Å². The summed E-state index contributed by atoms with van der Waals surface area (Å²) in [6.45, 7) is 2.82. The van der Waals surface area contributed by atoms with Gasteiger partial charge in [-0.1, -0.05) is 42.5 Å². The van der Waals surface area contributed by atoms with E-state index in [4.69, 9.17) is 9.47 Å². The van der Waals surface area contributed by atoms with Crippen LogP contribution in [0.15, 0.2) is 96.6 Å². The lowest BCUT2D eigenvalue weighted by molar-refractivity contribution is -0.136. The van der Waals surface area contributed by atoms with Crippen LogP contribution in [0, 0.1) is 0 Å². The van der Waals surface area contributed by atoms with E-state index in [0.29, 0.717) is 60.4 Å². The molecule has 2 aromatic heterocycles. The van der Waals surface area contributed by atoms with Gasteiger partial charge in [-0.05, 0) is 48.4 Å². The smallest absolute Gasteiger partial charge is 0.262 e. The quantitative estimate of drug-likeness (QED) is 0.121. The van der Waals surface area contributed by atoms with E-state index < -0.39 is 57.6 Å². The summed E-state index contributed by atoms with van der Waals surface area (Å²) in [6, 6.07) is 20.0. The Morgan fingerprint density at radius 1 is 0.909 bits per heavy atom. The Balaban J connectivity index is 0.801. The molecule has 3 aromatic carbocycles. The number of nitrogens with one attached hydrogen (secondary N) is 3. The maximum absolute atomic E-state index is 13.5. The molecule has 2 fully saturated rings. The van der Waals surface area contributed by atoms with Crippen LogP contribution in [0.4, 0.5) is 5.13 Å². The summed E-state index contributed by atoms with van der Waals surface area (Å²) in [5.41, 5.74) is 3.07. The SMILES string of the molecule is CS(=O)(=O)n1ccc(C(=O)N[C@@H](COCc2ccc(C(=O)N3CCN(CCOc4ccc5c(c4)C(=O)N(C4CCC(=O)NC4=O)C5=O)CC3)cc2)C(=O)Nc2nc(-c3ccccc3)cs2)c1. The zero-order valence-corrected chi connectivity index (χ0v) is 37.1. The molecule has 3 aliphatic rings. The Bertz CT molecular complexity index is 2800. The lowest BCUT2D eigenvalue weighted by Gasteiger charge is -2.34. The number of thiazole rings is 1. The Morgan fingerprint density at radius 2 is 1.65 bits per heavy atom. The summed E-state index contributed by atoms with van der Waals surface area (Å²) >= 11 is 1.22. The van der Waals surface area contributed by atoms with Gasteiger partial charge in [0.05, 0.1) is 41.9 Å². The third-order valence-corrected chi connectivity index (χ3v) is 13.0. The van der Waals surface area contributed by atoms with Crippen LogP contribution >= 0.6 is 11.3 Å². The Morgan fingerprint density at radius 3 is 2.36 bits per heavy atom. The van der Waals surface area contributed by atoms with Gasteiger partial charge in [0.1, 0.15) is 24.4 Å². The molecule has 0 radical (unpaired) electrons. The van der Waals surface area contributed by atoms with Crippen molar-refractivity contribution in [2.75, 3.05) is 57.5 Å². The molecule has 3 aliphatic heterocycles. The molecule has 66 heavy (non-hydrogen) atoms. The number of aromatic nitrogens is 2. The van der Waals surface area contributed by atoms with Crippen LogP contribution < -0.4 is 20.7 Å². The minimum Gasteiger partial charge on any atom is -0.492 e. The van der Waals surface area contributed by atoms with Crippen LogP contribution in [0.5, 0.6) is 5.75 Å². The number of carbonyl (C=O) groups excluding carboxylic acids is 7. The van der Waals surface area contributed by atoms with Crippen molar-refractivity contribution in [2.45, 2.75) is 31.5 Å². The first kappa shape index (κ1) is 45.5. The molecule has 21 heteroatoms. The number of imide groups is 2. The predicted molar refractivity (Wildman–Crippen MR) is 239 cm³/mol. The van der Waals surface area contributed by atoms with Crippen molar-refractivity contribution in [1.82, 2.24) is 34.3 Å². The molecule has 8 rings (SSSR count). The molecule has 5 heterocycles. The molecule has 0 saturated carbocycles. The average molecular weight is 937 g/mol. The normalized spacial score (nSPS) is 17.0. The van der Waals surface area contributed by atoms with Gasteiger partial charge in [0.15, 0.2) is 5.13 Å². The molecule has 0 bridgehead atoms. The van der Waals surface area contributed by atoms with Gasteiger partial charge in [0.25, 0.3) is 29.5 Å². The summed E-state index contributed by atoms with van der Waals surface area (Å²) in [4.78, 5) is 99.6. The first-order valence-corrected chi connectivity index (χ1v) is 23.6. The van der Waals surface area contributed by atoms with Gasteiger partial charge in [-0.2, -0.15) is 0 Å². The van der Waals surface area contributed by atoms with E-state index >= 15 is 0 Å². The Kier molecular flexibility index (Phi) is 13.5. The number of piperidine rings is 1. The van der Waals surface area contributed by atoms with Gasteiger partial charge < -0.3 is 25.0 Å². The molecular weight excluding hydrogens is 893 g/mol. The monoisotopic (exact) mass is 936 g/mol. The number of anilines is 1. The molecule has 2 atom stereocenters. The van der Waals surface area contributed by atoms with Crippen molar-refractivity contribution in [1.29, 1.82) is 0 Å². The fraction of sp³-hybridized carbons (Fsp3) is 0.289. The van der Waals surface area contributed by atoms with Crippen molar-refractivity contribution in [2.24, 2.45) is 0 Å². The fourth-order valence-electron chi connectivity index (χ4n) is 7.63. The van der Waals surface area contributed by atoms with Gasteiger partial charge in [-0.3, -0.25) is 52.7 Å². The maximum atomic E-state index is 13.5. The molecule has 7 amide bonds. The van der Waals surface area contributed by atoms with E-state index in [2.05, 4.69) is 25.8 Å². The van der Waals surface area contributed by atoms with E-state index in [1.165, 1.54) is 35.7 Å². The molecule has 0 aliphatic carbocycles. The van der Waals surface area contributed by atoms with Crippen LogP contribution in [0.2, 0.25) is 0 Å². The van der Waals surface area contributed by atoms with Gasteiger partial charge in [-0.25, -0.2) is 13.4 Å². The van der Waals surface area contributed by atoms with Crippen LogP contribution in [-0.4, -0.2) is 138 Å². The predicted octanol–water partition coefficient (Wildman–Crippen LogP) is 2.61. The number of fused-ring (bicyclic) bond motifs is 1. The second-order valence-electron chi connectivity index (χ2n) is 15.8. The summed E-state index contributed by atoms with van der Waals surface area (Å²) in [5.74, 6) is -3.33. The molecule has 2 saturated heterocycles. The number of hydrogen-bond acceptors (Lipinski definition) is 14. The molecule has 5 aromatic rings. The number of amides is 7. The van der Waals surface area contributed by atoms with Crippen LogP contribution in [-0.2, 0) is 35.8 Å². The van der Waals surface area contributed by atoms with Crippen molar-refractivity contribution in [3.63, 3.8) is 0 Å². The number of rotatable bonds is 16. The lowest BCUT2D eigenvalue weighted by Crippen LogP contribution is -2.54. The highest BCUT2D eigenvalue weighted by Gasteiger charge is 2.44. The third-order valence-electron chi connectivity index (χ3n) is 11.2. The summed E-state index contributed by atoms with van der Waals surface area (Å²) < 4.78 is 36.7. The summed E-state index contributed by atoms with van der Waals surface area (Å²) in [5, 5.41) is 9.68. The van der Waals surface area contributed by atoms with Gasteiger partial charge >= 0.3 is 0 Å². The van der Waals surface area contributed by atoms with Crippen molar-refractivity contribution < 1.29 is 51.5 Å². The van der Waals surface area contributed by atoms with Crippen molar-refractivity contribution in [3.8, 4) is 17.0 Å². The fourth-order valence-corrected chi connectivity index (χ4v) is 8.94. The molecule has 3 N–H and O–H groups in total. The number of ether oxygens (including phenoxy) is 2. The van der Waals surface area contributed by atoms with Crippen LogP contribution in [0.1, 0.15) is 59.8 Å². The highest BCUT2D eigenvalue weighted by Crippen LogP contribution is 2.30. The highest BCUT2D eigenvalue weighted by atomic mass is 32.2. The van der Waals surface area contributed by atoms with E-state index in [9.17, 15) is 42.0 Å². The maximum Gasteiger partial charge on any atom is 0.262 e. The molecule has 0 spiro atoms. The largest absolute Gasteiger partial charge is 0.492 e. The minimum atomic E-state index is -3.64. The van der Waals surface area contributed by atoms with E-state index in [1.54, 1.807) is 40.6 Å². The number of piperazine rings is 1. The summed E-state index contributed by atoms with van der Waals surface area (Å²) in [7, 11) is -3.64. The van der Waals surface area contributed by atoms with E-state index in [1.807, 2.05) is 30.3 Å². The summed E-state index contributed by atoms with van der Waals surface area (Å²) in [6.07, 6.45) is 3.50. The molecule has 1 unspecified atom stereocenters. The van der Waals surface area contributed by atoms with Gasteiger partial charge in [0, 0.05) is 68.0 Å². The van der Waals surface area contributed by atoms with Gasteiger partial charge in [-0.15, -0.1) is 11.3 Å². The van der Waals surface area contributed by atoms with Crippen molar-refractivity contribution in [3.05, 3.63) is 124 Å². The first-order valence-electron chi connectivity index (χ1n) is 20.9. The zero-order valence-electron chi connectivity index (χ0n) is 35.5. The standard InChI is InChI=1S/C45H44N8O11S2/c1-66(61,62)52-16-15-31(24-52)39(55)46-35(40(56)49-45-47-36(27-65-45)29-5-3-2-4-6-29)26-63-25-28-7-9-30(10-8-28)42(58)51-19-17-50(18-20-51)21-22-64-32-11-12-33-34(23-32)44(60)53(43(33)59)37-13-14-38(54)48-41(37)57/h2-12,15-16,23-24,27,35,37H,13-14,17-22,25-26H2,1H3,(H,46,55)(H,47,49,56)(H,48,54,57)/t35-,37?/m0/s1. The Hall–Kier alpha value is -7.07. The van der Waals surface area contributed by atoms with Crippen LogP contribution in [0.25, 0.3) is 11.3 Å². The average Bonchev–Trinajstić information content (AvgIpc) is 4.06. The number of benzene rings is 3. The molecule has 19 nitrogen and oxygen atoms in total. The second kappa shape index (κ2) is 19.6. The highest BCUT2D eigenvalue weighted by molar-refractivity contribution is 7.89. The number of carbonyl (C=O) groups is 7. The number of hydrogen-bond donors (Lipinski definition) is 3. The zero-order chi connectivity index (χ0) is 46.5. The minimum absolute atomic E-state index is 0.0317.